The predicted molar refractivity (Wildman–Crippen MR) is 71.0 cm³/mol. The molecule has 0 radical (unpaired) electrons. The maximum atomic E-state index is 11.5. The van der Waals surface area contributed by atoms with Gasteiger partial charge in [-0.25, -0.2) is 0 Å². The van der Waals surface area contributed by atoms with Crippen LogP contribution in [-0.2, 0) is 11.2 Å². The van der Waals surface area contributed by atoms with Crippen molar-refractivity contribution < 1.29 is 4.79 Å². The predicted octanol–water partition coefficient (Wildman–Crippen LogP) is 2.13. The van der Waals surface area contributed by atoms with E-state index in [-0.39, 0.29) is 11.9 Å². The van der Waals surface area contributed by atoms with Crippen LogP contribution in [0.25, 0.3) is 0 Å². The Morgan fingerprint density at radius 1 is 1.41 bits per heavy atom. The zero-order valence-corrected chi connectivity index (χ0v) is 10.8. The lowest BCUT2D eigenvalue weighted by Crippen LogP contribution is -2.41. The summed E-state index contributed by atoms with van der Waals surface area (Å²) in [5.41, 5.74) is 6.85. The summed E-state index contributed by atoms with van der Waals surface area (Å²) in [5.74, 6) is -0.0687. The number of rotatable bonds is 6. The van der Waals surface area contributed by atoms with E-state index in [0.29, 0.717) is 6.54 Å². The van der Waals surface area contributed by atoms with Gasteiger partial charge in [0.2, 0.25) is 5.91 Å². The average Bonchev–Trinajstić information content (AvgIpc) is 2.32. The third-order valence-electron chi connectivity index (χ3n) is 2.56. The van der Waals surface area contributed by atoms with E-state index >= 15 is 0 Å². The number of hydrogen-bond donors (Lipinski definition) is 2. The first-order valence-corrected chi connectivity index (χ1v) is 6.29. The van der Waals surface area contributed by atoms with E-state index in [2.05, 4.69) is 5.32 Å². The zero-order chi connectivity index (χ0) is 12.7. The van der Waals surface area contributed by atoms with Crippen molar-refractivity contribution in [2.75, 3.05) is 6.54 Å². The minimum Gasteiger partial charge on any atom is -0.354 e. The van der Waals surface area contributed by atoms with Crippen LogP contribution < -0.4 is 11.1 Å². The monoisotopic (exact) mass is 254 g/mol. The Kier molecular flexibility index (Phi) is 6.01. The van der Waals surface area contributed by atoms with Gasteiger partial charge in [0, 0.05) is 11.6 Å². The van der Waals surface area contributed by atoms with E-state index in [9.17, 15) is 4.79 Å². The molecule has 17 heavy (non-hydrogen) atoms. The molecule has 0 saturated carbocycles. The van der Waals surface area contributed by atoms with Crippen molar-refractivity contribution in [3.63, 3.8) is 0 Å². The SMILES string of the molecule is CCCC(N)C(=O)NCCc1ccc(Cl)cc1. The minimum atomic E-state index is -0.384. The Morgan fingerprint density at radius 3 is 2.65 bits per heavy atom. The fourth-order valence-corrected chi connectivity index (χ4v) is 1.68. The fourth-order valence-electron chi connectivity index (χ4n) is 1.55. The third kappa shape index (κ3) is 5.20. The second-order valence-corrected chi connectivity index (χ2v) is 4.50. The molecule has 0 spiro atoms. The lowest BCUT2D eigenvalue weighted by atomic mass is 10.1. The lowest BCUT2D eigenvalue weighted by molar-refractivity contribution is -0.122. The number of nitrogens with one attached hydrogen (secondary N) is 1. The molecule has 1 aromatic rings. The highest BCUT2D eigenvalue weighted by molar-refractivity contribution is 6.30. The van der Waals surface area contributed by atoms with Crippen LogP contribution in [0.1, 0.15) is 25.3 Å². The summed E-state index contributed by atoms with van der Waals surface area (Å²) in [7, 11) is 0. The Hall–Kier alpha value is -1.06. The van der Waals surface area contributed by atoms with Crippen molar-refractivity contribution in [3.8, 4) is 0 Å². The first-order valence-electron chi connectivity index (χ1n) is 5.91. The molecule has 0 saturated heterocycles. The van der Waals surface area contributed by atoms with Crippen LogP contribution in [0.3, 0.4) is 0 Å². The number of nitrogens with two attached hydrogens (primary N) is 1. The van der Waals surface area contributed by atoms with Gasteiger partial charge in [0.25, 0.3) is 0 Å². The topological polar surface area (TPSA) is 55.1 Å². The van der Waals surface area contributed by atoms with E-state index in [4.69, 9.17) is 17.3 Å². The lowest BCUT2D eigenvalue weighted by Gasteiger charge is -2.11. The van der Waals surface area contributed by atoms with E-state index in [1.165, 1.54) is 0 Å². The summed E-state index contributed by atoms with van der Waals surface area (Å²) < 4.78 is 0. The summed E-state index contributed by atoms with van der Waals surface area (Å²) in [5, 5.41) is 3.56. The number of carbonyl (C=O) groups excluding carboxylic acids is 1. The maximum Gasteiger partial charge on any atom is 0.236 e. The Balaban J connectivity index is 2.28. The van der Waals surface area contributed by atoms with Gasteiger partial charge >= 0.3 is 0 Å². The van der Waals surface area contributed by atoms with Crippen LogP contribution in [0.15, 0.2) is 24.3 Å². The fraction of sp³-hybridized carbons (Fsp3) is 0.462. The van der Waals surface area contributed by atoms with Gasteiger partial charge in [0.1, 0.15) is 0 Å². The average molecular weight is 255 g/mol. The summed E-state index contributed by atoms with van der Waals surface area (Å²) >= 11 is 5.79. The van der Waals surface area contributed by atoms with Gasteiger partial charge in [0.05, 0.1) is 6.04 Å². The molecule has 3 nitrogen and oxygen atoms in total. The minimum absolute atomic E-state index is 0.0687. The zero-order valence-electron chi connectivity index (χ0n) is 10.1. The molecule has 0 aliphatic heterocycles. The molecule has 1 atom stereocenters. The molecule has 1 unspecified atom stereocenters. The highest BCUT2D eigenvalue weighted by Gasteiger charge is 2.10. The van der Waals surface area contributed by atoms with Gasteiger partial charge in [-0.2, -0.15) is 0 Å². The van der Waals surface area contributed by atoms with Gasteiger partial charge in [-0.05, 0) is 30.5 Å². The summed E-state index contributed by atoms with van der Waals surface area (Å²) in [6.45, 7) is 2.62. The molecule has 0 aromatic heterocycles. The molecule has 0 aliphatic carbocycles. The van der Waals surface area contributed by atoms with Gasteiger partial charge in [-0.1, -0.05) is 37.1 Å². The molecular formula is C13H19ClN2O. The van der Waals surface area contributed by atoms with Gasteiger partial charge < -0.3 is 11.1 Å². The molecule has 1 aromatic carbocycles. The molecule has 0 heterocycles. The van der Waals surface area contributed by atoms with E-state index < -0.39 is 0 Å². The molecule has 4 heteroatoms. The molecule has 0 bridgehead atoms. The molecule has 1 amide bonds. The van der Waals surface area contributed by atoms with E-state index in [1.54, 1.807) is 0 Å². The van der Waals surface area contributed by atoms with Crippen molar-refractivity contribution in [3.05, 3.63) is 34.9 Å². The molecule has 1 rings (SSSR count). The van der Waals surface area contributed by atoms with Gasteiger partial charge in [0.15, 0.2) is 0 Å². The van der Waals surface area contributed by atoms with Crippen molar-refractivity contribution in [2.45, 2.75) is 32.2 Å². The maximum absolute atomic E-state index is 11.5. The van der Waals surface area contributed by atoms with Gasteiger partial charge in [-0.15, -0.1) is 0 Å². The summed E-state index contributed by atoms with van der Waals surface area (Å²) in [4.78, 5) is 11.5. The Labute approximate surface area is 107 Å². The van der Waals surface area contributed by atoms with Crippen LogP contribution in [0.5, 0.6) is 0 Å². The number of halogens is 1. The number of hydrogen-bond acceptors (Lipinski definition) is 2. The number of amides is 1. The number of carbonyl (C=O) groups is 1. The molecule has 0 fully saturated rings. The molecular weight excluding hydrogens is 236 g/mol. The second-order valence-electron chi connectivity index (χ2n) is 4.06. The highest BCUT2D eigenvalue weighted by atomic mass is 35.5. The first-order chi connectivity index (χ1) is 8.13. The highest BCUT2D eigenvalue weighted by Crippen LogP contribution is 2.09. The second kappa shape index (κ2) is 7.30. The quantitative estimate of drug-likeness (QED) is 0.817. The molecule has 0 aliphatic rings. The largest absolute Gasteiger partial charge is 0.354 e. The van der Waals surface area contributed by atoms with Crippen molar-refractivity contribution in [1.82, 2.24) is 5.32 Å². The van der Waals surface area contributed by atoms with Crippen LogP contribution in [0, 0.1) is 0 Å². The Morgan fingerprint density at radius 2 is 2.06 bits per heavy atom. The van der Waals surface area contributed by atoms with Crippen LogP contribution in [-0.4, -0.2) is 18.5 Å². The van der Waals surface area contributed by atoms with Crippen molar-refractivity contribution >= 4 is 17.5 Å². The first kappa shape index (κ1) is 14.0. The van der Waals surface area contributed by atoms with Crippen molar-refractivity contribution in [2.24, 2.45) is 5.73 Å². The van der Waals surface area contributed by atoms with Crippen LogP contribution in [0.2, 0.25) is 5.02 Å². The van der Waals surface area contributed by atoms with Crippen molar-refractivity contribution in [1.29, 1.82) is 0 Å². The third-order valence-corrected chi connectivity index (χ3v) is 2.81. The standard InChI is InChI=1S/C13H19ClN2O/c1-2-3-12(15)13(17)16-9-8-10-4-6-11(14)7-5-10/h4-7,12H,2-3,8-9,15H2,1H3,(H,16,17). The van der Waals surface area contributed by atoms with Crippen LogP contribution in [0.4, 0.5) is 0 Å². The van der Waals surface area contributed by atoms with E-state index in [0.717, 1.165) is 29.8 Å². The molecule has 3 N–H and O–H groups in total. The summed E-state index contributed by atoms with van der Waals surface area (Å²) in [6, 6.07) is 7.23. The van der Waals surface area contributed by atoms with E-state index in [1.807, 2.05) is 31.2 Å². The number of benzene rings is 1. The summed E-state index contributed by atoms with van der Waals surface area (Å²) in [6.07, 6.45) is 2.44. The molecule has 94 valence electrons. The van der Waals surface area contributed by atoms with Gasteiger partial charge in [-0.3, -0.25) is 4.79 Å². The van der Waals surface area contributed by atoms with Crippen LogP contribution >= 0.6 is 11.6 Å². The normalized spacial score (nSPS) is 12.2. The smallest absolute Gasteiger partial charge is 0.236 e. The Bertz CT molecular complexity index is 351.